The zero-order valence-corrected chi connectivity index (χ0v) is 16.6. The predicted octanol–water partition coefficient (Wildman–Crippen LogP) is 3.54. The number of benzene rings is 1. The zero-order chi connectivity index (χ0) is 21.1. The molecule has 0 saturated carbocycles. The van der Waals surface area contributed by atoms with E-state index in [1.807, 2.05) is 0 Å². The molecule has 8 nitrogen and oxygen atoms in total. The fourth-order valence-electron chi connectivity index (χ4n) is 2.84. The van der Waals surface area contributed by atoms with Crippen molar-refractivity contribution in [2.75, 3.05) is 13.7 Å². The van der Waals surface area contributed by atoms with E-state index in [9.17, 15) is 19.8 Å². The number of phenols is 1. The molecule has 0 aromatic heterocycles. The van der Waals surface area contributed by atoms with Gasteiger partial charge in [-0.05, 0) is 45.9 Å². The van der Waals surface area contributed by atoms with Crippen molar-refractivity contribution < 1.29 is 34.0 Å². The fourth-order valence-corrected chi connectivity index (χ4v) is 2.84. The summed E-state index contributed by atoms with van der Waals surface area (Å²) in [7, 11) is 1.55. The van der Waals surface area contributed by atoms with Crippen LogP contribution in [0.3, 0.4) is 0 Å². The van der Waals surface area contributed by atoms with Gasteiger partial charge in [-0.3, -0.25) is 0 Å². The molecule has 1 aromatic rings. The van der Waals surface area contributed by atoms with E-state index in [1.165, 1.54) is 36.6 Å². The lowest BCUT2D eigenvalue weighted by Crippen LogP contribution is -2.51. The lowest BCUT2D eigenvalue weighted by Gasteiger charge is -2.31. The molecule has 28 heavy (non-hydrogen) atoms. The predicted molar refractivity (Wildman–Crippen MR) is 103 cm³/mol. The molecule has 0 saturated heterocycles. The molecule has 0 bridgehead atoms. The number of aliphatic carboxylic acids is 1. The Labute approximate surface area is 163 Å². The molecule has 152 valence electrons. The van der Waals surface area contributed by atoms with Gasteiger partial charge in [0.15, 0.2) is 11.4 Å². The van der Waals surface area contributed by atoms with Crippen molar-refractivity contribution in [3.63, 3.8) is 0 Å². The Kier molecular flexibility index (Phi) is 6.16. The van der Waals surface area contributed by atoms with E-state index in [0.717, 1.165) is 0 Å². The smallest absolute Gasteiger partial charge is 0.503 e. The Balaban J connectivity index is 2.59. The molecule has 0 radical (unpaired) electrons. The summed E-state index contributed by atoms with van der Waals surface area (Å²) in [5.41, 5.74) is -1.12. The van der Waals surface area contributed by atoms with Crippen LogP contribution in [-0.2, 0) is 14.3 Å². The quantitative estimate of drug-likeness (QED) is 0.714. The minimum Gasteiger partial charge on any atom is -0.503 e. The van der Waals surface area contributed by atoms with E-state index in [0.29, 0.717) is 12.4 Å². The number of ether oxygens (including phenoxy) is 3. The maximum Gasteiger partial charge on any atom is 0.532 e. The maximum absolute atomic E-state index is 13.1. The van der Waals surface area contributed by atoms with Crippen LogP contribution in [0.2, 0.25) is 0 Å². The number of nitrogens with zero attached hydrogens (tertiary/aromatic N) is 1. The molecule has 1 heterocycles. The van der Waals surface area contributed by atoms with E-state index in [-0.39, 0.29) is 23.2 Å². The van der Waals surface area contributed by atoms with E-state index < -0.39 is 22.1 Å². The monoisotopic (exact) mass is 392 g/mol. The molecule has 1 aliphatic rings. The van der Waals surface area contributed by atoms with Crippen molar-refractivity contribution in [2.24, 2.45) is 0 Å². The SMILES string of the molecule is COC[C@H](C)Oc1ccc(O)c([N+]2(C(=O)OC(C)(C)C)C=CC=C2C(=O)O)c1. The molecular formula is C20H26NO7+. The molecule has 1 unspecified atom stereocenters. The lowest BCUT2D eigenvalue weighted by molar-refractivity contribution is -0.134. The highest BCUT2D eigenvalue weighted by atomic mass is 16.6. The summed E-state index contributed by atoms with van der Waals surface area (Å²) < 4.78 is 15.3. The third-order valence-corrected chi connectivity index (χ3v) is 3.91. The highest BCUT2D eigenvalue weighted by molar-refractivity contribution is 6.02. The molecular weight excluding hydrogens is 366 g/mol. The van der Waals surface area contributed by atoms with Crippen molar-refractivity contribution in [3.05, 3.63) is 42.2 Å². The first kappa shape index (κ1) is 21.5. The zero-order valence-electron chi connectivity index (χ0n) is 16.6. The van der Waals surface area contributed by atoms with Crippen LogP contribution in [0, 0.1) is 0 Å². The van der Waals surface area contributed by atoms with Gasteiger partial charge in [0.1, 0.15) is 23.7 Å². The molecule has 1 aliphatic heterocycles. The number of carbonyl (C=O) groups excluding carboxylic acids is 1. The topological polar surface area (TPSA) is 102 Å². The summed E-state index contributed by atoms with van der Waals surface area (Å²) in [5, 5.41) is 20.2. The number of carbonyl (C=O) groups is 2. The number of carboxylic acid groups (broad SMARTS) is 1. The van der Waals surface area contributed by atoms with Crippen molar-refractivity contribution in [1.82, 2.24) is 4.48 Å². The van der Waals surface area contributed by atoms with Crippen LogP contribution in [0.5, 0.6) is 11.5 Å². The number of quaternary nitrogens is 1. The van der Waals surface area contributed by atoms with Crippen molar-refractivity contribution in [3.8, 4) is 11.5 Å². The van der Waals surface area contributed by atoms with Gasteiger partial charge < -0.3 is 24.4 Å². The third-order valence-electron chi connectivity index (χ3n) is 3.91. The van der Waals surface area contributed by atoms with Gasteiger partial charge in [-0.25, -0.2) is 4.79 Å². The summed E-state index contributed by atoms with van der Waals surface area (Å²) >= 11 is 0. The minimum atomic E-state index is -1.31. The van der Waals surface area contributed by atoms with Crippen LogP contribution < -0.4 is 9.22 Å². The highest BCUT2D eigenvalue weighted by Gasteiger charge is 2.52. The van der Waals surface area contributed by atoms with Crippen LogP contribution in [0.15, 0.2) is 42.2 Å². The summed E-state index contributed by atoms with van der Waals surface area (Å²) in [4.78, 5) is 25.0. The Morgan fingerprint density at radius 3 is 2.50 bits per heavy atom. The van der Waals surface area contributed by atoms with Crippen LogP contribution >= 0.6 is 0 Å². The maximum atomic E-state index is 13.1. The van der Waals surface area contributed by atoms with Crippen LogP contribution in [0.4, 0.5) is 10.5 Å². The van der Waals surface area contributed by atoms with Gasteiger partial charge in [-0.1, -0.05) is 0 Å². The number of phenolic OH excluding ortho intramolecular Hbond substituents is 1. The van der Waals surface area contributed by atoms with Gasteiger partial charge in [-0.2, -0.15) is 4.79 Å². The van der Waals surface area contributed by atoms with Crippen LogP contribution in [0.1, 0.15) is 27.7 Å². The minimum absolute atomic E-state index is 0.0127. The molecule has 0 spiro atoms. The van der Waals surface area contributed by atoms with Gasteiger partial charge in [0.05, 0.1) is 6.61 Å². The van der Waals surface area contributed by atoms with Crippen molar-refractivity contribution in [2.45, 2.75) is 39.4 Å². The molecule has 0 aliphatic carbocycles. The number of amides is 1. The Bertz CT molecular complexity index is 822. The van der Waals surface area contributed by atoms with Crippen molar-refractivity contribution >= 4 is 17.7 Å². The number of methoxy groups -OCH3 is 1. The average molecular weight is 392 g/mol. The second-order valence-electron chi connectivity index (χ2n) is 7.44. The van der Waals surface area contributed by atoms with E-state index >= 15 is 0 Å². The normalized spacial score (nSPS) is 19.8. The van der Waals surface area contributed by atoms with Gasteiger partial charge in [0.25, 0.3) is 0 Å². The van der Waals surface area contributed by atoms with E-state index in [1.54, 1.807) is 34.8 Å². The largest absolute Gasteiger partial charge is 0.532 e. The molecule has 2 atom stereocenters. The molecule has 1 aromatic carbocycles. The van der Waals surface area contributed by atoms with E-state index in [4.69, 9.17) is 14.2 Å². The van der Waals surface area contributed by atoms with Crippen LogP contribution in [-0.4, -0.2) is 47.7 Å². The Morgan fingerprint density at radius 1 is 1.25 bits per heavy atom. The van der Waals surface area contributed by atoms with Gasteiger partial charge in [0, 0.05) is 19.3 Å². The summed E-state index contributed by atoms with van der Waals surface area (Å²) in [6.45, 7) is 7.17. The average Bonchev–Trinajstić information content (AvgIpc) is 3.01. The lowest BCUT2D eigenvalue weighted by atomic mass is 10.2. The standard InChI is InChI=1S/C20H25NO7/c1-13(12-26-5)27-14-8-9-17(22)16(11-14)21(19(25)28-20(2,3)4)10-6-7-15(21)18(23)24/h6-11,13H,12H2,1-5H3,(H-,22,23,24)/p+1/t13-,21?/m0/s1. The summed E-state index contributed by atoms with van der Waals surface area (Å²) in [6.07, 6.45) is 2.95. The molecule has 0 fully saturated rings. The van der Waals surface area contributed by atoms with Crippen molar-refractivity contribution in [1.29, 1.82) is 0 Å². The molecule has 1 amide bonds. The van der Waals surface area contributed by atoms with Gasteiger partial charge in [-0.15, -0.1) is 4.48 Å². The number of hydrogen-bond donors (Lipinski definition) is 2. The summed E-state index contributed by atoms with van der Waals surface area (Å²) in [6, 6.07) is 4.30. The number of rotatable bonds is 6. The van der Waals surface area contributed by atoms with Gasteiger partial charge >= 0.3 is 12.1 Å². The first-order valence-corrected chi connectivity index (χ1v) is 8.76. The van der Waals surface area contributed by atoms with Crippen LogP contribution in [0.25, 0.3) is 0 Å². The van der Waals surface area contributed by atoms with E-state index in [2.05, 4.69) is 0 Å². The molecule has 2 N–H and O–H groups in total. The number of allylic oxidation sites excluding steroid dienone is 2. The number of carboxylic acids is 1. The first-order chi connectivity index (χ1) is 13.0. The highest BCUT2D eigenvalue weighted by Crippen LogP contribution is 2.43. The number of aromatic hydroxyl groups is 1. The Morgan fingerprint density at radius 2 is 1.93 bits per heavy atom. The first-order valence-electron chi connectivity index (χ1n) is 8.76. The molecule has 8 heteroatoms. The second-order valence-corrected chi connectivity index (χ2v) is 7.44. The molecule has 2 rings (SSSR count). The Hall–Kier alpha value is -2.84. The third kappa shape index (κ3) is 4.35. The fraction of sp³-hybridized carbons (Fsp3) is 0.400. The van der Waals surface area contributed by atoms with Gasteiger partial charge in [0.2, 0.25) is 5.70 Å². The second kappa shape index (κ2) is 8.04. The summed E-state index contributed by atoms with van der Waals surface area (Å²) in [5.74, 6) is -1.23. The number of hydrogen-bond acceptors (Lipinski definition) is 6.